The predicted molar refractivity (Wildman–Crippen MR) is 180 cm³/mol. The number of aromatic hydroxyl groups is 1. The number of carbonyl (C=O) groups is 1. The minimum absolute atomic E-state index is 0.0369. The van der Waals surface area contributed by atoms with Crippen LogP contribution >= 0.6 is 0 Å². The average Bonchev–Trinajstić information content (AvgIpc) is 3.86. The van der Waals surface area contributed by atoms with Crippen LogP contribution in [0.1, 0.15) is 57.4 Å². The Balaban J connectivity index is 1.17. The smallest absolute Gasteiger partial charge is 0.319 e. The molecule has 0 amide bonds. The number of halogens is 2. The Hall–Kier alpha value is -4.16. The van der Waals surface area contributed by atoms with E-state index in [1.807, 2.05) is 6.92 Å². The first-order valence-electron chi connectivity index (χ1n) is 17.4. The Bertz CT molecular complexity index is 1940. The van der Waals surface area contributed by atoms with E-state index in [1.165, 1.54) is 12.1 Å². The second kappa shape index (κ2) is 12.3. The maximum Gasteiger partial charge on any atom is 0.319 e. The second-order valence-electron chi connectivity index (χ2n) is 14.5. The van der Waals surface area contributed by atoms with E-state index in [9.17, 15) is 15.0 Å². The van der Waals surface area contributed by atoms with Crippen LogP contribution in [0.2, 0.25) is 0 Å². The van der Waals surface area contributed by atoms with Crippen LogP contribution in [0, 0.1) is 23.0 Å². The van der Waals surface area contributed by atoms with Crippen molar-refractivity contribution >= 4 is 33.5 Å². The maximum atomic E-state index is 16.9. The summed E-state index contributed by atoms with van der Waals surface area (Å²) in [4.78, 5) is 29.9. The SMILES string of the molecule is CCc1c(F)ccc2cc(O)cc(-c3ncc4c(N5CCC[C@]6(CCO6)C5)nc(OCC5(CN6CCC(C(=O)O)CC6)CC5)nc4c3F)c12. The Kier molecular flexibility index (Phi) is 8.06. The molecule has 2 N–H and O–H groups in total. The van der Waals surface area contributed by atoms with Crippen LogP contribution in [-0.4, -0.2) is 87.6 Å². The summed E-state index contributed by atoms with van der Waals surface area (Å²) in [7, 11) is 0. The van der Waals surface area contributed by atoms with Gasteiger partial charge in [-0.05, 0) is 92.6 Å². The van der Waals surface area contributed by atoms with E-state index < -0.39 is 17.6 Å². The van der Waals surface area contributed by atoms with E-state index in [4.69, 9.17) is 14.5 Å². The fourth-order valence-electron chi connectivity index (χ4n) is 8.09. The summed E-state index contributed by atoms with van der Waals surface area (Å²) in [6.45, 7) is 6.53. The number of piperidine rings is 2. The lowest BCUT2D eigenvalue weighted by molar-refractivity contribution is -0.151. The fourth-order valence-corrected chi connectivity index (χ4v) is 8.09. The molecule has 1 aliphatic carbocycles. The number of likely N-dealkylation sites (tertiary alicyclic amines) is 1. The molecule has 5 heterocycles. The van der Waals surface area contributed by atoms with Crippen LogP contribution in [0.25, 0.3) is 32.9 Å². The molecule has 49 heavy (non-hydrogen) atoms. The van der Waals surface area contributed by atoms with Crippen LogP contribution in [-0.2, 0) is 16.0 Å². The van der Waals surface area contributed by atoms with Gasteiger partial charge in [-0.2, -0.15) is 9.97 Å². The molecule has 3 aliphatic heterocycles. The van der Waals surface area contributed by atoms with E-state index in [1.54, 1.807) is 18.3 Å². The number of carboxylic acids is 1. The van der Waals surface area contributed by atoms with E-state index in [0.717, 1.165) is 58.3 Å². The highest BCUT2D eigenvalue weighted by Crippen LogP contribution is 2.47. The summed E-state index contributed by atoms with van der Waals surface area (Å²) in [5.41, 5.74) is 0.386. The van der Waals surface area contributed by atoms with E-state index in [0.29, 0.717) is 66.5 Å². The lowest BCUT2D eigenvalue weighted by atomic mass is 9.86. The molecule has 4 aliphatic rings. The van der Waals surface area contributed by atoms with Crippen LogP contribution in [0.4, 0.5) is 14.6 Å². The number of rotatable bonds is 9. The molecule has 4 fully saturated rings. The van der Waals surface area contributed by atoms with Crippen molar-refractivity contribution in [3.63, 3.8) is 0 Å². The van der Waals surface area contributed by atoms with E-state index in [-0.39, 0.29) is 45.5 Å². The lowest BCUT2D eigenvalue weighted by Crippen LogP contribution is -2.56. The summed E-state index contributed by atoms with van der Waals surface area (Å²) in [6.07, 6.45) is 7.99. The first kappa shape index (κ1) is 32.1. The largest absolute Gasteiger partial charge is 0.508 e. The third kappa shape index (κ3) is 5.92. The number of anilines is 1. The molecular formula is C37H41F2N5O5. The first-order valence-corrected chi connectivity index (χ1v) is 17.4. The predicted octanol–water partition coefficient (Wildman–Crippen LogP) is 6.11. The molecule has 4 aromatic rings. The molecule has 2 aromatic heterocycles. The van der Waals surface area contributed by atoms with Crippen LogP contribution < -0.4 is 9.64 Å². The summed E-state index contributed by atoms with van der Waals surface area (Å²) < 4.78 is 44.3. The number of hydrogen-bond donors (Lipinski definition) is 2. The van der Waals surface area contributed by atoms with E-state index >= 15 is 8.78 Å². The minimum atomic E-state index is -0.724. The van der Waals surface area contributed by atoms with E-state index in [2.05, 4.69) is 19.8 Å². The second-order valence-corrected chi connectivity index (χ2v) is 14.5. The minimum Gasteiger partial charge on any atom is -0.508 e. The molecule has 12 heteroatoms. The molecule has 1 saturated carbocycles. The van der Waals surface area contributed by atoms with Crippen molar-refractivity contribution in [3.8, 4) is 23.0 Å². The van der Waals surface area contributed by atoms with Crippen LogP contribution in [0.15, 0.2) is 30.5 Å². The van der Waals surface area contributed by atoms with Gasteiger partial charge in [-0.3, -0.25) is 9.78 Å². The molecule has 1 spiro atoms. The molecule has 1 atom stereocenters. The fraction of sp³-hybridized carbons (Fsp3) is 0.514. The average molecular weight is 674 g/mol. The quantitative estimate of drug-likeness (QED) is 0.215. The zero-order chi connectivity index (χ0) is 33.9. The topological polar surface area (TPSA) is 121 Å². The Morgan fingerprint density at radius 2 is 1.90 bits per heavy atom. The summed E-state index contributed by atoms with van der Waals surface area (Å²) >= 11 is 0. The number of aromatic nitrogens is 3. The molecule has 0 unspecified atom stereocenters. The van der Waals surface area contributed by atoms with Gasteiger partial charge < -0.3 is 29.5 Å². The Labute approximate surface area is 283 Å². The Morgan fingerprint density at radius 3 is 2.59 bits per heavy atom. The number of aryl methyl sites for hydroxylation is 1. The number of fused-ring (bicyclic) bond motifs is 2. The number of carboxylic acid groups (broad SMARTS) is 1. The third-order valence-electron chi connectivity index (χ3n) is 11.2. The van der Waals surface area contributed by atoms with Gasteiger partial charge in [0.15, 0.2) is 5.82 Å². The number of benzene rings is 2. The van der Waals surface area contributed by atoms with Crippen molar-refractivity contribution in [3.05, 3.63) is 47.7 Å². The van der Waals surface area contributed by atoms with Crippen molar-refractivity contribution < 1.29 is 33.3 Å². The summed E-state index contributed by atoms with van der Waals surface area (Å²) in [6, 6.07) is 5.98. The number of pyridine rings is 1. The van der Waals surface area contributed by atoms with Gasteiger partial charge in [0.1, 0.15) is 28.6 Å². The summed E-state index contributed by atoms with van der Waals surface area (Å²) in [5, 5.41) is 21.5. The number of phenols is 1. The van der Waals surface area contributed by atoms with Crippen LogP contribution in [0.5, 0.6) is 11.8 Å². The van der Waals surface area contributed by atoms with Gasteiger partial charge >= 0.3 is 12.0 Å². The number of phenolic OH excluding ortho intramolecular Hbond substituents is 1. The van der Waals surface area contributed by atoms with Gasteiger partial charge in [-0.15, -0.1) is 0 Å². The van der Waals surface area contributed by atoms with Gasteiger partial charge in [0.25, 0.3) is 0 Å². The molecule has 258 valence electrons. The monoisotopic (exact) mass is 673 g/mol. The standard InChI is InChI=1S/C37H41F2N5O5/c1-2-25-28(38)5-4-23-16-24(45)17-26(29(23)25)31-30(39)32-27(18-40-31)33(44-12-3-8-37(20-44)11-15-49-37)42-35(41-32)48-21-36(9-10-36)19-43-13-6-22(7-14-43)34(46)47/h4-5,16-18,22,45H,2-3,6-15,19-21H2,1H3,(H,46,47)/t37-/m0/s1. The number of aliphatic carboxylic acids is 1. The van der Waals surface area contributed by atoms with Crippen molar-refractivity contribution in [2.24, 2.45) is 11.3 Å². The molecule has 0 bridgehead atoms. The molecule has 0 radical (unpaired) electrons. The first-order chi connectivity index (χ1) is 23.7. The zero-order valence-electron chi connectivity index (χ0n) is 27.7. The van der Waals surface area contributed by atoms with Crippen molar-refractivity contribution in [2.75, 3.05) is 50.8 Å². The lowest BCUT2D eigenvalue weighted by Gasteiger charge is -2.48. The number of hydrogen-bond acceptors (Lipinski definition) is 9. The van der Waals surface area contributed by atoms with Gasteiger partial charge in [0, 0.05) is 43.2 Å². The molecule has 8 rings (SSSR count). The van der Waals surface area contributed by atoms with Crippen molar-refractivity contribution in [1.29, 1.82) is 0 Å². The van der Waals surface area contributed by atoms with Crippen LogP contribution in [0.3, 0.4) is 0 Å². The molecule has 10 nitrogen and oxygen atoms in total. The Morgan fingerprint density at radius 1 is 1.10 bits per heavy atom. The maximum absolute atomic E-state index is 16.9. The normalized spacial score (nSPS) is 22.5. The highest BCUT2D eigenvalue weighted by atomic mass is 19.1. The highest BCUT2D eigenvalue weighted by Gasteiger charge is 2.46. The zero-order valence-corrected chi connectivity index (χ0v) is 27.7. The third-order valence-corrected chi connectivity index (χ3v) is 11.2. The van der Waals surface area contributed by atoms with Gasteiger partial charge in [-0.25, -0.2) is 8.78 Å². The molecule has 3 saturated heterocycles. The van der Waals surface area contributed by atoms with Crippen molar-refractivity contribution in [1.82, 2.24) is 19.9 Å². The summed E-state index contributed by atoms with van der Waals surface area (Å²) in [5.74, 6) is -1.65. The van der Waals surface area contributed by atoms with Crippen molar-refractivity contribution in [2.45, 2.75) is 63.9 Å². The van der Waals surface area contributed by atoms with Gasteiger partial charge in [-0.1, -0.05) is 13.0 Å². The number of nitrogens with zero attached hydrogens (tertiary/aromatic N) is 5. The highest BCUT2D eigenvalue weighted by molar-refractivity contribution is 6.01. The molecular weight excluding hydrogens is 632 g/mol. The van der Waals surface area contributed by atoms with Gasteiger partial charge in [0.2, 0.25) is 0 Å². The van der Waals surface area contributed by atoms with Gasteiger partial charge in [0.05, 0.1) is 30.1 Å². The molecule has 2 aromatic carbocycles. The number of ether oxygens (including phenoxy) is 2.